The van der Waals surface area contributed by atoms with Gasteiger partial charge in [-0.1, -0.05) is 30.3 Å². The molecule has 6 heteroatoms. The maximum absolute atomic E-state index is 11.8. The number of nitrogens with zero attached hydrogens (tertiary/aromatic N) is 1. The van der Waals surface area contributed by atoms with E-state index in [9.17, 15) is 4.79 Å². The number of carbonyl (C=O) groups is 1. The Morgan fingerprint density at radius 2 is 2.00 bits per heavy atom. The highest BCUT2D eigenvalue weighted by atomic mass is 16.5. The molecule has 2 rings (SSSR count). The van der Waals surface area contributed by atoms with Crippen molar-refractivity contribution in [3.63, 3.8) is 0 Å². The van der Waals surface area contributed by atoms with Crippen LogP contribution in [0, 0.1) is 0 Å². The Hall–Kier alpha value is -1.63. The van der Waals surface area contributed by atoms with Crippen molar-refractivity contribution in [2.45, 2.75) is 12.5 Å². The number of morpholine rings is 1. The molecule has 128 valence electrons. The third-order valence-electron chi connectivity index (χ3n) is 3.97. The first-order valence-electron chi connectivity index (χ1n) is 8.16. The van der Waals surface area contributed by atoms with E-state index in [1.54, 1.807) is 7.11 Å². The number of nitrogens with one attached hydrogen (secondary N) is 2. The van der Waals surface area contributed by atoms with E-state index in [0.29, 0.717) is 19.7 Å². The van der Waals surface area contributed by atoms with E-state index < -0.39 is 0 Å². The van der Waals surface area contributed by atoms with Crippen molar-refractivity contribution in [1.29, 1.82) is 0 Å². The molecule has 1 heterocycles. The largest absolute Gasteiger partial charge is 0.383 e. The van der Waals surface area contributed by atoms with Gasteiger partial charge in [-0.05, 0) is 12.0 Å². The Labute approximate surface area is 138 Å². The highest BCUT2D eigenvalue weighted by Gasteiger charge is 2.21. The van der Waals surface area contributed by atoms with Gasteiger partial charge in [0.2, 0.25) is 0 Å². The molecule has 0 saturated carbocycles. The quantitative estimate of drug-likeness (QED) is 0.698. The topological polar surface area (TPSA) is 62.8 Å². The minimum Gasteiger partial charge on any atom is -0.383 e. The molecule has 1 aromatic carbocycles. The molecule has 1 aromatic rings. The van der Waals surface area contributed by atoms with Crippen LogP contribution >= 0.6 is 0 Å². The lowest BCUT2D eigenvalue weighted by Gasteiger charge is -2.34. The fourth-order valence-corrected chi connectivity index (χ4v) is 2.70. The van der Waals surface area contributed by atoms with E-state index in [1.807, 2.05) is 6.07 Å². The summed E-state index contributed by atoms with van der Waals surface area (Å²) in [5, 5.41) is 5.76. The van der Waals surface area contributed by atoms with Crippen LogP contribution in [-0.2, 0) is 15.9 Å². The van der Waals surface area contributed by atoms with Gasteiger partial charge in [0.05, 0.1) is 19.8 Å². The molecule has 1 aliphatic heterocycles. The SMILES string of the molecule is COCCNC(=O)NCC(Cc1ccccc1)N1CCOCC1. The molecule has 1 aliphatic rings. The summed E-state index contributed by atoms with van der Waals surface area (Å²) in [5.74, 6) is 0. The van der Waals surface area contributed by atoms with Crippen molar-refractivity contribution >= 4 is 6.03 Å². The summed E-state index contributed by atoms with van der Waals surface area (Å²) in [6, 6.07) is 10.5. The third-order valence-corrected chi connectivity index (χ3v) is 3.97. The molecule has 0 radical (unpaired) electrons. The van der Waals surface area contributed by atoms with Crippen molar-refractivity contribution < 1.29 is 14.3 Å². The zero-order chi connectivity index (χ0) is 16.3. The van der Waals surface area contributed by atoms with Gasteiger partial charge in [0, 0.05) is 39.3 Å². The average molecular weight is 321 g/mol. The van der Waals surface area contributed by atoms with Gasteiger partial charge >= 0.3 is 6.03 Å². The molecule has 1 unspecified atom stereocenters. The van der Waals surface area contributed by atoms with Gasteiger partial charge in [0.15, 0.2) is 0 Å². The maximum atomic E-state index is 11.8. The van der Waals surface area contributed by atoms with Crippen LogP contribution in [0.15, 0.2) is 30.3 Å². The lowest BCUT2D eigenvalue weighted by atomic mass is 10.0. The van der Waals surface area contributed by atoms with Crippen LogP contribution in [0.5, 0.6) is 0 Å². The minimum atomic E-state index is -0.145. The van der Waals surface area contributed by atoms with Crippen LogP contribution in [0.3, 0.4) is 0 Å². The monoisotopic (exact) mass is 321 g/mol. The molecule has 0 aliphatic carbocycles. The Morgan fingerprint density at radius 3 is 2.70 bits per heavy atom. The fourth-order valence-electron chi connectivity index (χ4n) is 2.70. The van der Waals surface area contributed by atoms with E-state index in [1.165, 1.54) is 5.56 Å². The summed E-state index contributed by atoms with van der Waals surface area (Å²) in [6.45, 7) is 4.98. The molecule has 0 spiro atoms. The number of urea groups is 1. The average Bonchev–Trinajstić information content (AvgIpc) is 2.60. The van der Waals surface area contributed by atoms with Crippen molar-refractivity contribution in [1.82, 2.24) is 15.5 Å². The Morgan fingerprint density at radius 1 is 1.26 bits per heavy atom. The maximum Gasteiger partial charge on any atom is 0.314 e. The second kappa shape index (κ2) is 10.2. The molecule has 0 aromatic heterocycles. The predicted octanol–water partition coefficient (Wildman–Crippen LogP) is 0.876. The normalized spacial score (nSPS) is 16.7. The highest BCUT2D eigenvalue weighted by Crippen LogP contribution is 2.10. The molecule has 1 saturated heterocycles. The summed E-state index contributed by atoms with van der Waals surface area (Å²) in [5.41, 5.74) is 1.28. The van der Waals surface area contributed by atoms with Crippen LogP contribution < -0.4 is 10.6 Å². The number of hydrogen-bond donors (Lipinski definition) is 2. The number of rotatable bonds is 8. The van der Waals surface area contributed by atoms with Gasteiger partial charge in [0.25, 0.3) is 0 Å². The van der Waals surface area contributed by atoms with Crippen molar-refractivity contribution in [2.75, 3.05) is 53.1 Å². The predicted molar refractivity (Wildman–Crippen MR) is 89.6 cm³/mol. The second-order valence-corrected chi connectivity index (χ2v) is 5.62. The van der Waals surface area contributed by atoms with E-state index in [-0.39, 0.29) is 12.1 Å². The van der Waals surface area contributed by atoms with E-state index in [2.05, 4.69) is 39.8 Å². The molecule has 6 nitrogen and oxygen atoms in total. The van der Waals surface area contributed by atoms with E-state index in [4.69, 9.17) is 9.47 Å². The zero-order valence-corrected chi connectivity index (χ0v) is 13.8. The van der Waals surface area contributed by atoms with Gasteiger partial charge in [-0.15, -0.1) is 0 Å². The van der Waals surface area contributed by atoms with Crippen LogP contribution in [-0.4, -0.2) is 70.1 Å². The summed E-state index contributed by atoms with van der Waals surface area (Å²) in [4.78, 5) is 14.2. The van der Waals surface area contributed by atoms with Crippen molar-refractivity contribution in [3.05, 3.63) is 35.9 Å². The third kappa shape index (κ3) is 6.56. The Bertz CT molecular complexity index is 450. The van der Waals surface area contributed by atoms with Crippen LogP contribution in [0.25, 0.3) is 0 Å². The first-order chi connectivity index (χ1) is 11.3. The van der Waals surface area contributed by atoms with Gasteiger partial charge in [-0.2, -0.15) is 0 Å². The summed E-state index contributed by atoms with van der Waals surface area (Å²) >= 11 is 0. The molecule has 1 fully saturated rings. The number of ether oxygens (including phenoxy) is 2. The molecular weight excluding hydrogens is 294 g/mol. The fraction of sp³-hybridized carbons (Fsp3) is 0.588. The van der Waals surface area contributed by atoms with E-state index >= 15 is 0 Å². The van der Waals surface area contributed by atoms with E-state index in [0.717, 1.165) is 32.7 Å². The standard InChI is InChI=1S/C17H27N3O3/c1-22-10-7-18-17(21)19-14-16(20-8-11-23-12-9-20)13-15-5-3-2-4-6-15/h2-6,16H,7-14H2,1H3,(H2,18,19,21). The molecular formula is C17H27N3O3. The van der Waals surface area contributed by atoms with Gasteiger partial charge in [-0.25, -0.2) is 4.79 Å². The lowest BCUT2D eigenvalue weighted by Crippen LogP contribution is -2.51. The number of amides is 2. The molecule has 1 atom stereocenters. The number of benzene rings is 1. The first kappa shape index (κ1) is 17.7. The summed E-state index contributed by atoms with van der Waals surface area (Å²) < 4.78 is 10.4. The molecule has 0 bridgehead atoms. The minimum absolute atomic E-state index is 0.145. The second-order valence-electron chi connectivity index (χ2n) is 5.62. The first-order valence-corrected chi connectivity index (χ1v) is 8.16. The molecule has 2 amide bonds. The lowest BCUT2D eigenvalue weighted by molar-refractivity contribution is 0.0172. The summed E-state index contributed by atoms with van der Waals surface area (Å²) in [6.07, 6.45) is 0.916. The van der Waals surface area contributed by atoms with Gasteiger partial charge in [0.1, 0.15) is 0 Å². The van der Waals surface area contributed by atoms with Crippen LogP contribution in [0.2, 0.25) is 0 Å². The summed E-state index contributed by atoms with van der Waals surface area (Å²) in [7, 11) is 1.62. The number of carbonyl (C=O) groups excluding carboxylic acids is 1. The van der Waals surface area contributed by atoms with Crippen LogP contribution in [0.4, 0.5) is 4.79 Å². The Kier molecular flexibility index (Phi) is 7.86. The molecule has 23 heavy (non-hydrogen) atoms. The zero-order valence-electron chi connectivity index (χ0n) is 13.8. The number of hydrogen-bond acceptors (Lipinski definition) is 4. The van der Waals surface area contributed by atoms with Crippen molar-refractivity contribution in [2.24, 2.45) is 0 Å². The van der Waals surface area contributed by atoms with Gasteiger partial charge < -0.3 is 20.1 Å². The molecule has 2 N–H and O–H groups in total. The number of methoxy groups -OCH3 is 1. The van der Waals surface area contributed by atoms with Crippen molar-refractivity contribution in [3.8, 4) is 0 Å². The highest BCUT2D eigenvalue weighted by molar-refractivity contribution is 5.73. The Balaban J connectivity index is 1.86. The van der Waals surface area contributed by atoms with Crippen LogP contribution in [0.1, 0.15) is 5.56 Å². The smallest absolute Gasteiger partial charge is 0.314 e. The van der Waals surface area contributed by atoms with Gasteiger partial charge in [-0.3, -0.25) is 4.90 Å².